The second-order valence-electron chi connectivity index (χ2n) is 11.5. The Kier molecular flexibility index (Phi) is 5.56. The summed E-state index contributed by atoms with van der Waals surface area (Å²) < 4.78 is 1.14. The summed E-state index contributed by atoms with van der Waals surface area (Å²) in [4.78, 5) is 9.82. The second-order valence-corrected chi connectivity index (χ2v) is 12.5. The topological polar surface area (TPSA) is 25.8 Å². The maximum absolute atomic E-state index is 4.99. The van der Waals surface area contributed by atoms with Crippen molar-refractivity contribution in [1.29, 1.82) is 0 Å². The Hall–Kier alpha value is -3.04. The molecule has 5 rings (SSSR count). The highest BCUT2D eigenvalue weighted by Crippen LogP contribution is 2.39. The summed E-state index contributed by atoms with van der Waals surface area (Å²) in [5.41, 5.74) is 7.38. The van der Waals surface area contributed by atoms with Crippen LogP contribution in [-0.4, -0.2) is 9.97 Å². The van der Waals surface area contributed by atoms with Crippen molar-refractivity contribution in [3.05, 3.63) is 84.1 Å². The lowest BCUT2D eigenvalue weighted by molar-refractivity contribution is 0.411. The van der Waals surface area contributed by atoms with Gasteiger partial charge in [0, 0.05) is 17.3 Å². The Morgan fingerprint density at radius 3 is 2.24 bits per heavy atom. The van der Waals surface area contributed by atoms with E-state index in [9.17, 15) is 0 Å². The first kappa shape index (κ1) is 22.7. The maximum Gasteiger partial charge on any atom is 0.124 e. The van der Waals surface area contributed by atoms with Gasteiger partial charge in [0.2, 0.25) is 0 Å². The molecule has 0 amide bonds. The van der Waals surface area contributed by atoms with E-state index in [2.05, 4.69) is 102 Å². The zero-order chi connectivity index (χ0) is 24.1. The van der Waals surface area contributed by atoms with Crippen LogP contribution in [0.1, 0.15) is 52.7 Å². The molecule has 5 aromatic rings. The Balaban J connectivity index is 1.61. The predicted molar refractivity (Wildman–Crippen MR) is 148 cm³/mol. The first-order valence-electron chi connectivity index (χ1n) is 12.0. The van der Waals surface area contributed by atoms with Crippen molar-refractivity contribution >= 4 is 32.3 Å². The average Bonchev–Trinajstić information content (AvgIpc) is 3.21. The van der Waals surface area contributed by atoms with E-state index >= 15 is 0 Å². The minimum Gasteiger partial charge on any atom is -0.255 e. The molecule has 172 valence electrons. The van der Waals surface area contributed by atoms with Crippen LogP contribution in [0.5, 0.6) is 0 Å². The maximum atomic E-state index is 4.99. The molecular formula is C31H32N2S. The van der Waals surface area contributed by atoms with E-state index < -0.39 is 0 Å². The molecule has 34 heavy (non-hydrogen) atoms. The molecule has 0 unspecified atom stereocenters. The van der Waals surface area contributed by atoms with E-state index in [0.717, 1.165) is 32.9 Å². The van der Waals surface area contributed by atoms with Gasteiger partial charge in [0.1, 0.15) is 5.01 Å². The van der Waals surface area contributed by atoms with E-state index in [1.807, 2.05) is 12.3 Å². The molecule has 0 aliphatic carbocycles. The quantitative estimate of drug-likeness (QED) is 0.266. The zero-order valence-corrected chi connectivity index (χ0v) is 21.8. The number of benzene rings is 3. The van der Waals surface area contributed by atoms with Gasteiger partial charge in [0.25, 0.3) is 0 Å². The molecule has 0 saturated carbocycles. The van der Waals surface area contributed by atoms with Crippen LogP contribution in [0, 0.1) is 5.41 Å². The van der Waals surface area contributed by atoms with E-state index in [-0.39, 0.29) is 10.8 Å². The Morgan fingerprint density at radius 1 is 0.794 bits per heavy atom. The summed E-state index contributed by atoms with van der Waals surface area (Å²) in [5, 5.41) is 3.61. The van der Waals surface area contributed by atoms with Gasteiger partial charge in [-0.3, -0.25) is 4.98 Å². The Labute approximate surface area is 206 Å². The lowest BCUT2D eigenvalue weighted by Gasteiger charge is -2.22. The highest BCUT2D eigenvalue weighted by atomic mass is 32.1. The zero-order valence-electron chi connectivity index (χ0n) is 20.9. The van der Waals surface area contributed by atoms with Gasteiger partial charge in [0.15, 0.2) is 0 Å². The van der Waals surface area contributed by atoms with Crippen molar-refractivity contribution in [2.75, 3.05) is 0 Å². The molecule has 0 spiro atoms. The third-order valence-corrected chi connectivity index (χ3v) is 7.31. The van der Waals surface area contributed by atoms with Crippen LogP contribution in [0.4, 0.5) is 0 Å². The molecule has 2 aromatic heterocycles. The summed E-state index contributed by atoms with van der Waals surface area (Å²) in [6.07, 6.45) is 2.96. The van der Waals surface area contributed by atoms with Crippen molar-refractivity contribution in [1.82, 2.24) is 9.97 Å². The van der Waals surface area contributed by atoms with Crippen molar-refractivity contribution in [3.8, 4) is 21.8 Å². The van der Waals surface area contributed by atoms with Crippen LogP contribution in [-0.2, 0) is 11.8 Å². The number of pyridine rings is 1. The van der Waals surface area contributed by atoms with Crippen LogP contribution >= 0.6 is 11.3 Å². The number of rotatable bonds is 3. The van der Waals surface area contributed by atoms with Gasteiger partial charge >= 0.3 is 0 Å². The highest BCUT2D eigenvalue weighted by molar-refractivity contribution is 7.22. The minimum atomic E-state index is 0.0389. The first-order chi connectivity index (χ1) is 16.1. The summed E-state index contributed by atoms with van der Waals surface area (Å²) in [6.45, 7) is 13.7. The number of aromatic nitrogens is 2. The number of hydrogen-bond donors (Lipinski definition) is 0. The minimum absolute atomic E-state index is 0.0389. The molecule has 0 saturated heterocycles. The normalized spacial score (nSPS) is 12.5. The lowest BCUT2D eigenvalue weighted by atomic mass is 9.82. The number of thiazole rings is 1. The van der Waals surface area contributed by atoms with Crippen LogP contribution in [0.2, 0.25) is 0 Å². The van der Waals surface area contributed by atoms with Crippen LogP contribution in [0.15, 0.2) is 72.9 Å². The fraction of sp³-hybridized carbons (Fsp3) is 0.290. The monoisotopic (exact) mass is 464 g/mol. The van der Waals surface area contributed by atoms with Gasteiger partial charge < -0.3 is 0 Å². The van der Waals surface area contributed by atoms with Crippen LogP contribution in [0.25, 0.3) is 42.8 Å². The molecule has 0 N–H and O–H groups in total. The Morgan fingerprint density at radius 2 is 1.53 bits per heavy atom. The number of hydrogen-bond acceptors (Lipinski definition) is 3. The molecule has 0 aliphatic heterocycles. The fourth-order valence-corrected chi connectivity index (χ4v) is 5.71. The molecule has 2 nitrogen and oxygen atoms in total. The van der Waals surface area contributed by atoms with Gasteiger partial charge in [0.05, 0.1) is 15.9 Å². The predicted octanol–water partition coefficient (Wildman–Crippen LogP) is 9.06. The number of fused-ring (bicyclic) bond motifs is 2. The van der Waals surface area contributed by atoms with Gasteiger partial charge in [-0.05, 0) is 57.3 Å². The lowest BCUT2D eigenvalue weighted by Crippen LogP contribution is -2.12. The summed E-state index contributed by atoms with van der Waals surface area (Å²) in [7, 11) is 0. The van der Waals surface area contributed by atoms with Gasteiger partial charge in [-0.15, -0.1) is 11.3 Å². The standard InChI is InChI=1S/C31H32N2S/c1-30(2,3)19-20-11-13-21(14-12-20)29-33-26-15-16-32-27(28(26)34-29)23-17-22-9-7-8-10-24(22)25(18-23)31(4,5)6/h7-18H,19H2,1-6H3. The molecule has 3 aromatic carbocycles. The van der Waals surface area contributed by atoms with Crippen molar-refractivity contribution in [2.45, 2.75) is 53.4 Å². The molecule has 3 heteroatoms. The molecule has 0 aliphatic rings. The van der Waals surface area contributed by atoms with Crippen molar-refractivity contribution < 1.29 is 0 Å². The fourth-order valence-electron chi connectivity index (χ4n) is 4.63. The average molecular weight is 465 g/mol. The van der Waals surface area contributed by atoms with E-state index in [4.69, 9.17) is 9.97 Å². The van der Waals surface area contributed by atoms with E-state index in [1.54, 1.807) is 11.3 Å². The van der Waals surface area contributed by atoms with Crippen LogP contribution in [0.3, 0.4) is 0 Å². The third-order valence-electron chi connectivity index (χ3n) is 6.18. The molecular weight excluding hydrogens is 432 g/mol. The van der Waals surface area contributed by atoms with Gasteiger partial charge in [-0.1, -0.05) is 90.1 Å². The van der Waals surface area contributed by atoms with Crippen molar-refractivity contribution in [3.63, 3.8) is 0 Å². The summed E-state index contributed by atoms with van der Waals surface area (Å²) in [5.74, 6) is 0. The van der Waals surface area contributed by atoms with Crippen molar-refractivity contribution in [2.24, 2.45) is 5.41 Å². The number of nitrogens with zero attached hydrogens (tertiary/aromatic N) is 2. The van der Waals surface area contributed by atoms with E-state index in [0.29, 0.717) is 0 Å². The first-order valence-corrected chi connectivity index (χ1v) is 12.8. The third kappa shape index (κ3) is 4.50. The second kappa shape index (κ2) is 8.32. The van der Waals surface area contributed by atoms with Gasteiger partial charge in [-0.2, -0.15) is 0 Å². The SMILES string of the molecule is CC(C)(C)Cc1ccc(-c2nc3ccnc(-c4cc(C(C)(C)C)c5ccccc5c4)c3s2)cc1. The van der Waals surface area contributed by atoms with Crippen LogP contribution < -0.4 is 0 Å². The molecule has 0 radical (unpaired) electrons. The highest BCUT2D eigenvalue weighted by Gasteiger charge is 2.20. The van der Waals surface area contributed by atoms with Gasteiger partial charge in [-0.25, -0.2) is 4.98 Å². The molecule has 0 fully saturated rings. The Bertz CT molecular complexity index is 1480. The smallest absolute Gasteiger partial charge is 0.124 e. The molecule has 2 heterocycles. The summed E-state index contributed by atoms with van der Waals surface area (Å²) in [6, 6.07) is 24.2. The molecule has 0 bridgehead atoms. The largest absolute Gasteiger partial charge is 0.255 e. The summed E-state index contributed by atoms with van der Waals surface area (Å²) >= 11 is 1.74. The molecule has 0 atom stereocenters. The van der Waals surface area contributed by atoms with E-state index in [1.165, 1.54) is 27.5 Å².